The van der Waals surface area contributed by atoms with Crippen LogP contribution in [0.5, 0.6) is 0 Å². The molecule has 3 aromatic rings. The second-order valence-electron chi connectivity index (χ2n) is 5.61. The van der Waals surface area contributed by atoms with Crippen LogP contribution in [-0.4, -0.2) is 14.8 Å². The van der Waals surface area contributed by atoms with E-state index in [0.717, 1.165) is 12.2 Å². The van der Waals surface area contributed by atoms with Crippen molar-refractivity contribution >= 4 is 11.9 Å². The van der Waals surface area contributed by atoms with E-state index < -0.39 is 0 Å². The monoisotopic (exact) mass is 295 g/mol. The molecule has 2 aromatic heterocycles. The van der Waals surface area contributed by atoms with Crippen LogP contribution >= 0.6 is 0 Å². The molecule has 0 saturated heterocycles. The van der Waals surface area contributed by atoms with Crippen molar-refractivity contribution in [2.75, 3.05) is 11.1 Å². The van der Waals surface area contributed by atoms with Crippen LogP contribution in [0.15, 0.2) is 47.1 Å². The highest BCUT2D eigenvalue weighted by Gasteiger charge is 2.32. The van der Waals surface area contributed by atoms with Crippen molar-refractivity contribution in [3.63, 3.8) is 0 Å². The van der Waals surface area contributed by atoms with Gasteiger partial charge in [-0.15, -0.1) is 5.10 Å². The molecule has 112 valence electrons. The van der Waals surface area contributed by atoms with Gasteiger partial charge in [0.1, 0.15) is 11.8 Å². The zero-order valence-corrected chi connectivity index (χ0v) is 12.2. The molecule has 0 unspecified atom stereocenters. The number of rotatable bonds is 2. The molecule has 22 heavy (non-hydrogen) atoms. The number of furan rings is 1. The van der Waals surface area contributed by atoms with E-state index in [1.807, 2.05) is 12.1 Å². The number of nitrogens with zero attached hydrogens (tertiary/aromatic N) is 3. The Balaban J connectivity index is 1.74. The van der Waals surface area contributed by atoms with E-state index in [1.165, 1.54) is 11.1 Å². The molecule has 6 nitrogen and oxygen atoms in total. The normalized spacial score (nSPS) is 20.4. The first kappa shape index (κ1) is 12.9. The Morgan fingerprint density at radius 1 is 1.27 bits per heavy atom. The van der Waals surface area contributed by atoms with Crippen molar-refractivity contribution < 1.29 is 4.42 Å². The van der Waals surface area contributed by atoms with Crippen LogP contribution < -0.4 is 11.1 Å². The SMILES string of the molecule is Cc1ccc([C@@H]2C[C@@H](c3ccco3)n3nc(N)nc3N2)cc1. The molecule has 0 radical (unpaired) electrons. The highest BCUT2D eigenvalue weighted by Crippen LogP contribution is 2.38. The standard InChI is InChI=1S/C16H17N5O/c1-10-4-6-11(7-5-10)12-9-13(14-3-2-8-22-14)21-16(18-12)19-15(17)20-21/h2-8,12-13H,9H2,1H3,(H3,17,18,19,20)/t12-,13-/m0/s1. The van der Waals surface area contributed by atoms with Gasteiger partial charge in [0, 0.05) is 6.42 Å². The summed E-state index contributed by atoms with van der Waals surface area (Å²) in [5, 5.41) is 7.70. The van der Waals surface area contributed by atoms with Gasteiger partial charge in [0.05, 0.1) is 12.3 Å². The van der Waals surface area contributed by atoms with Gasteiger partial charge < -0.3 is 15.5 Å². The van der Waals surface area contributed by atoms with Crippen LogP contribution in [-0.2, 0) is 0 Å². The van der Waals surface area contributed by atoms with Crippen LogP contribution in [0.2, 0.25) is 0 Å². The summed E-state index contributed by atoms with van der Waals surface area (Å²) in [6.07, 6.45) is 2.50. The molecule has 6 heteroatoms. The number of anilines is 2. The summed E-state index contributed by atoms with van der Waals surface area (Å²) in [5.41, 5.74) is 8.23. The largest absolute Gasteiger partial charge is 0.467 e. The molecule has 4 rings (SSSR count). The van der Waals surface area contributed by atoms with Crippen molar-refractivity contribution in [3.8, 4) is 0 Å². The summed E-state index contributed by atoms with van der Waals surface area (Å²) in [5.74, 6) is 1.81. The quantitative estimate of drug-likeness (QED) is 0.759. The van der Waals surface area contributed by atoms with Crippen LogP contribution in [0.3, 0.4) is 0 Å². The van der Waals surface area contributed by atoms with Gasteiger partial charge in [0.15, 0.2) is 0 Å². The zero-order chi connectivity index (χ0) is 15.1. The summed E-state index contributed by atoms with van der Waals surface area (Å²) in [6, 6.07) is 12.5. The Kier molecular flexibility index (Phi) is 2.89. The van der Waals surface area contributed by atoms with Crippen molar-refractivity contribution in [2.45, 2.75) is 25.4 Å². The second kappa shape index (κ2) is 4.91. The smallest absolute Gasteiger partial charge is 0.241 e. The fourth-order valence-corrected chi connectivity index (χ4v) is 2.93. The average Bonchev–Trinajstić information content (AvgIpc) is 3.15. The molecule has 3 heterocycles. The second-order valence-corrected chi connectivity index (χ2v) is 5.61. The van der Waals surface area contributed by atoms with Gasteiger partial charge in [-0.05, 0) is 24.6 Å². The van der Waals surface area contributed by atoms with E-state index in [4.69, 9.17) is 10.2 Å². The minimum absolute atomic E-state index is 0.0117. The molecule has 0 bridgehead atoms. The Labute approximate surface area is 128 Å². The molecule has 3 N–H and O–H groups in total. The maximum atomic E-state index is 5.76. The summed E-state index contributed by atoms with van der Waals surface area (Å²) in [6.45, 7) is 2.08. The lowest BCUT2D eigenvalue weighted by molar-refractivity contribution is 0.359. The summed E-state index contributed by atoms with van der Waals surface area (Å²) in [7, 11) is 0. The van der Waals surface area contributed by atoms with E-state index in [0.29, 0.717) is 5.95 Å². The molecule has 0 saturated carbocycles. The number of benzene rings is 1. The van der Waals surface area contributed by atoms with Gasteiger partial charge >= 0.3 is 0 Å². The molecular formula is C16H17N5O. The molecule has 2 atom stereocenters. The van der Waals surface area contributed by atoms with Gasteiger partial charge in [0.2, 0.25) is 11.9 Å². The van der Waals surface area contributed by atoms with Gasteiger partial charge in [0.25, 0.3) is 0 Å². The third kappa shape index (κ3) is 2.13. The van der Waals surface area contributed by atoms with Crippen LogP contribution in [0, 0.1) is 6.92 Å². The first-order valence-corrected chi connectivity index (χ1v) is 7.29. The zero-order valence-electron chi connectivity index (χ0n) is 12.2. The fourth-order valence-electron chi connectivity index (χ4n) is 2.93. The Morgan fingerprint density at radius 2 is 2.09 bits per heavy atom. The number of aryl methyl sites for hydroxylation is 1. The van der Waals surface area contributed by atoms with Gasteiger partial charge in [-0.1, -0.05) is 29.8 Å². The Bertz CT molecular complexity index is 775. The number of hydrogen-bond donors (Lipinski definition) is 2. The van der Waals surface area contributed by atoms with Crippen molar-refractivity contribution in [2.24, 2.45) is 0 Å². The van der Waals surface area contributed by atoms with Gasteiger partial charge in [-0.2, -0.15) is 4.98 Å². The number of nitrogens with two attached hydrogens (primary N) is 1. The lowest BCUT2D eigenvalue weighted by Gasteiger charge is -2.30. The molecule has 0 aliphatic carbocycles. The Hall–Kier alpha value is -2.76. The minimum Gasteiger partial charge on any atom is -0.467 e. The lowest BCUT2D eigenvalue weighted by atomic mass is 9.96. The summed E-state index contributed by atoms with van der Waals surface area (Å²) in [4.78, 5) is 4.28. The maximum absolute atomic E-state index is 5.76. The third-order valence-electron chi connectivity index (χ3n) is 4.06. The predicted molar refractivity (Wildman–Crippen MR) is 83.4 cm³/mol. The van der Waals surface area contributed by atoms with Crippen molar-refractivity contribution in [1.29, 1.82) is 0 Å². The molecular weight excluding hydrogens is 278 g/mol. The van der Waals surface area contributed by atoms with Crippen LogP contribution in [0.1, 0.15) is 35.4 Å². The van der Waals surface area contributed by atoms with E-state index >= 15 is 0 Å². The number of fused-ring (bicyclic) bond motifs is 1. The van der Waals surface area contributed by atoms with E-state index in [1.54, 1.807) is 10.9 Å². The number of nitrogens with one attached hydrogen (secondary N) is 1. The third-order valence-corrected chi connectivity index (χ3v) is 4.06. The fraction of sp³-hybridized carbons (Fsp3) is 0.250. The summed E-state index contributed by atoms with van der Waals surface area (Å²) < 4.78 is 7.39. The van der Waals surface area contributed by atoms with E-state index in [9.17, 15) is 0 Å². The van der Waals surface area contributed by atoms with Gasteiger partial charge in [-0.3, -0.25) is 0 Å². The lowest BCUT2D eigenvalue weighted by Crippen LogP contribution is -2.27. The van der Waals surface area contributed by atoms with Gasteiger partial charge in [-0.25, -0.2) is 4.68 Å². The molecule has 0 fully saturated rings. The van der Waals surface area contributed by atoms with Crippen LogP contribution in [0.25, 0.3) is 0 Å². The molecule has 0 spiro atoms. The predicted octanol–water partition coefficient (Wildman–Crippen LogP) is 2.91. The number of nitrogen functional groups attached to an aromatic ring is 1. The molecule has 1 aliphatic heterocycles. The highest BCUT2D eigenvalue weighted by molar-refractivity contribution is 5.41. The minimum atomic E-state index is -0.0117. The number of hydrogen-bond acceptors (Lipinski definition) is 5. The molecule has 1 aliphatic rings. The molecule has 0 amide bonds. The average molecular weight is 295 g/mol. The highest BCUT2D eigenvalue weighted by atomic mass is 16.3. The first-order chi connectivity index (χ1) is 10.7. The van der Waals surface area contributed by atoms with Crippen molar-refractivity contribution in [3.05, 3.63) is 59.5 Å². The first-order valence-electron chi connectivity index (χ1n) is 7.29. The number of aromatic nitrogens is 3. The van der Waals surface area contributed by atoms with E-state index in [-0.39, 0.29) is 18.0 Å². The maximum Gasteiger partial charge on any atom is 0.241 e. The summed E-state index contributed by atoms with van der Waals surface area (Å²) >= 11 is 0. The topological polar surface area (TPSA) is 81.9 Å². The van der Waals surface area contributed by atoms with Crippen molar-refractivity contribution in [1.82, 2.24) is 14.8 Å². The van der Waals surface area contributed by atoms with E-state index in [2.05, 4.69) is 46.6 Å². The molecule has 1 aromatic carbocycles. The van der Waals surface area contributed by atoms with Crippen LogP contribution in [0.4, 0.5) is 11.9 Å². The Morgan fingerprint density at radius 3 is 2.82 bits per heavy atom.